The molecular weight excluding hydrogens is 421 g/mol. The largest absolute Gasteiger partial charge is 0.350 e. The molecule has 1 aliphatic heterocycles. The molecule has 1 unspecified atom stereocenters. The van der Waals surface area contributed by atoms with Crippen molar-refractivity contribution in [3.63, 3.8) is 0 Å². The van der Waals surface area contributed by atoms with Crippen LogP contribution in [0.3, 0.4) is 0 Å². The molecule has 1 atom stereocenters. The number of benzene rings is 1. The highest BCUT2D eigenvalue weighted by molar-refractivity contribution is 7.88. The molecule has 0 saturated carbocycles. The molecule has 2 aromatic rings. The van der Waals surface area contributed by atoms with Crippen molar-refractivity contribution < 1.29 is 13.2 Å². The maximum absolute atomic E-state index is 12.8. The van der Waals surface area contributed by atoms with Gasteiger partial charge in [0.2, 0.25) is 15.9 Å². The van der Waals surface area contributed by atoms with Crippen LogP contribution in [-0.4, -0.2) is 36.7 Å². The lowest BCUT2D eigenvalue weighted by Crippen LogP contribution is -2.45. The first-order valence-electron chi connectivity index (χ1n) is 8.94. The van der Waals surface area contributed by atoms with E-state index in [-0.39, 0.29) is 24.1 Å². The lowest BCUT2D eigenvalue weighted by Gasteiger charge is -2.31. The number of rotatable bonds is 6. The van der Waals surface area contributed by atoms with E-state index in [2.05, 4.69) is 10.3 Å². The normalized spacial score (nSPS) is 18.0. The highest BCUT2D eigenvalue weighted by Crippen LogP contribution is 2.26. The number of pyridine rings is 1. The molecule has 6 nitrogen and oxygen atoms in total. The van der Waals surface area contributed by atoms with Crippen LogP contribution in [0.15, 0.2) is 42.6 Å². The van der Waals surface area contributed by atoms with E-state index in [1.54, 1.807) is 18.3 Å². The van der Waals surface area contributed by atoms with E-state index < -0.39 is 10.0 Å². The Balaban J connectivity index is 1.62. The third-order valence-corrected chi connectivity index (χ3v) is 7.05. The third kappa shape index (κ3) is 5.44. The monoisotopic (exact) mass is 441 g/mol. The van der Waals surface area contributed by atoms with Crippen molar-refractivity contribution in [2.75, 3.05) is 13.1 Å². The molecule has 1 aromatic heterocycles. The Labute approximate surface area is 174 Å². The zero-order chi connectivity index (χ0) is 20.1. The van der Waals surface area contributed by atoms with Gasteiger partial charge in [-0.25, -0.2) is 12.7 Å². The van der Waals surface area contributed by atoms with Gasteiger partial charge in [-0.2, -0.15) is 0 Å². The Bertz CT molecular complexity index is 939. The van der Waals surface area contributed by atoms with Crippen molar-refractivity contribution in [1.82, 2.24) is 14.6 Å². The number of halogens is 2. The average molecular weight is 442 g/mol. The Morgan fingerprint density at radius 2 is 2.07 bits per heavy atom. The smallest absolute Gasteiger partial charge is 0.224 e. The molecule has 1 aliphatic rings. The maximum Gasteiger partial charge on any atom is 0.224 e. The summed E-state index contributed by atoms with van der Waals surface area (Å²) in [6, 6.07) is 10.2. The Kier molecular flexibility index (Phi) is 6.93. The Hall–Kier alpha value is -1.67. The van der Waals surface area contributed by atoms with Gasteiger partial charge in [-0.05, 0) is 42.7 Å². The number of amides is 1. The summed E-state index contributed by atoms with van der Waals surface area (Å²) in [6.07, 6.45) is 2.95. The molecule has 2 heterocycles. The number of hydrogen-bond acceptors (Lipinski definition) is 4. The topological polar surface area (TPSA) is 79.4 Å². The van der Waals surface area contributed by atoms with Crippen LogP contribution in [0.5, 0.6) is 0 Å². The molecule has 1 amide bonds. The zero-order valence-electron chi connectivity index (χ0n) is 15.1. The predicted molar refractivity (Wildman–Crippen MR) is 109 cm³/mol. The number of carbonyl (C=O) groups excluding carboxylic acids is 1. The van der Waals surface area contributed by atoms with Crippen LogP contribution in [-0.2, 0) is 27.1 Å². The van der Waals surface area contributed by atoms with Gasteiger partial charge in [0.15, 0.2) is 0 Å². The van der Waals surface area contributed by atoms with Crippen molar-refractivity contribution in [2.24, 2.45) is 5.92 Å². The van der Waals surface area contributed by atoms with Gasteiger partial charge >= 0.3 is 0 Å². The maximum atomic E-state index is 12.8. The summed E-state index contributed by atoms with van der Waals surface area (Å²) in [7, 11) is -3.59. The second-order valence-corrected chi connectivity index (χ2v) is 9.54. The van der Waals surface area contributed by atoms with Gasteiger partial charge in [-0.15, -0.1) is 0 Å². The minimum Gasteiger partial charge on any atom is -0.350 e. The molecular formula is C19H21Cl2N3O3S. The van der Waals surface area contributed by atoms with Crippen LogP contribution in [0.2, 0.25) is 10.0 Å². The number of piperidine rings is 1. The van der Waals surface area contributed by atoms with Crippen LogP contribution >= 0.6 is 23.2 Å². The SMILES string of the molecule is O=C(NCc1ccccn1)C1CCCN(S(=O)(=O)Cc2ccc(Cl)cc2Cl)C1. The summed E-state index contributed by atoms with van der Waals surface area (Å²) in [5, 5.41) is 3.62. The molecule has 0 bridgehead atoms. The Morgan fingerprint density at radius 1 is 1.25 bits per heavy atom. The molecule has 1 fully saturated rings. The van der Waals surface area contributed by atoms with Crippen LogP contribution < -0.4 is 5.32 Å². The second-order valence-electron chi connectivity index (χ2n) is 6.73. The lowest BCUT2D eigenvalue weighted by atomic mass is 9.99. The number of nitrogens with one attached hydrogen (secondary N) is 1. The van der Waals surface area contributed by atoms with Crippen molar-refractivity contribution in [1.29, 1.82) is 0 Å². The first kappa shape index (κ1) is 21.0. The molecule has 150 valence electrons. The van der Waals surface area contributed by atoms with Crippen molar-refractivity contribution in [2.45, 2.75) is 25.1 Å². The summed E-state index contributed by atoms with van der Waals surface area (Å²) in [4.78, 5) is 16.7. The standard InChI is InChI=1S/C19H21Cl2N3O3S/c20-16-7-6-15(18(21)10-16)13-28(26,27)24-9-3-4-14(12-24)19(25)23-11-17-5-1-2-8-22-17/h1-2,5-8,10,14H,3-4,9,11-13H2,(H,23,25). The number of aromatic nitrogens is 1. The van der Waals surface area contributed by atoms with Crippen LogP contribution in [0, 0.1) is 5.92 Å². The summed E-state index contributed by atoms with van der Waals surface area (Å²) < 4.78 is 27.0. The zero-order valence-corrected chi connectivity index (χ0v) is 17.5. The van der Waals surface area contributed by atoms with E-state index in [0.29, 0.717) is 41.5 Å². The fraction of sp³-hybridized carbons (Fsp3) is 0.368. The van der Waals surface area contributed by atoms with Gasteiger partial charge < -0.3 is 5.32 Å². The molecule has 0 radical (unpaired) electrons. The van der Waals surface area contributed by atoms with Crippen LogP contribution in [0.1, 0.15) is 24.1 Å². The average Bonchev–Trinajstić information content (AvgIpc) is 2.69. The molecule has 1 saturated heterocycles. The van der Waals surface area contributed by atoms with Gasteiger partial charge in [-0.3, -0.25) is 9.78 Å². The van der Waals surface area contributed by atoms with Gasteiger partial charge in [-0.1, -0.05) is 35.3 Å². The number of carbonyl (C=O) groups is 1. The van der Waals surface area contributed by atoms with Gasteiger partial charge in [0.1, 0.15) is 0 Å². The summed E-state index contributed by atoms with van der Waals surface area (Å²) in [5.41, 5.74) is 1.25. The quantitative estimate of drug-likeness (QED) is 0.745. The van der Waals surface area contributed by atoms with E-state index in [1.807, 2.05) is 18.2 Å². The van der Waals surface area contributed by atoms with Crippen molar-refractivity contribution >= 4 is 39.1 Å². The van der Waals surface area contributed by atoms with Crippen LogP contribution in [0.4, 0.5) is 0 Å². The number of nitrogens with zero attached hydrogens (tertiary/aromatic N) is 2. The minimum atomic E-state index is -3.59. The fourth-order valence-corrected chi connectivity index (χ4v) is 5.36. The van der Waals surface area contributed by atoms with Crippen molar-refractivity contribution in [3.8, 4) is 0 Å². The van der Waals surface area contributed by atoms with E-state index in [0.717, 1.165) is 5.69 Å². The van der Waals surface area contributed by atoms with Gasteiger partial charge in [0, 0.05) is 29.3 Å². The van der Waals surface area contributed by atoms with E-state index in [1.165, 1.54) is 10.4 Å². The summed E-state index contributed by atoms with van der Waals surface area (Å²) >= 11 is 12.0. The summed E-state index contributed by atoms with van der Waals surface area (Å²) in [6.45, 7) is 0.891. The molecule has 28 heavy (non-hydrogen) atoms. The lowest BCUT2D eigenvalue weighted by molar-refractivity contribution is -0.126. The molecule has 3 rings (SSSR count). The number of sulfonamides is 1. The van der Waals surface area contributed by atoms with Crippen LogP contribution in [0.25, 0.3) is 0 Å². The highest BCUT2D eigenvalue weighted by atomic mass is 35.5. The molecule has 0 aliphatic carbocycles. The van der Waals surface area contributed by atoms with E-state index in [9.17, 15) is 13.2 Å². The first-order chi connectivity index (χ1) is 13.3. The molecule has 0 spiro atoms. The van der Waals surface area contributed by atoms with Gasteiger partial charge in [0.05, 0.1) is 23.9 Å². The number of hydrogen-bond donors (Lipinski definition) is 1. The predicted octanol–water partition coefficient (Wildman–Crippen LogP) is 3.25. The van der Waals surface area contributed by atoms with E-state index in [4.69, 9.17) is 23.2 Å². The van der Waals surface area contributed by atoms with E-state index >= 15 is 0 Å². The Morgan fingerprint density at radius 3 is 2.79 bits per heavy atom. The molecule has 1 aromatic carbocycles. The fourth-order valence-electron chi connectivity index (χ4n) is 3.16. The van der Waals surface area contributed by atoms with Crippen molar-refractivity contribution in [3.05, 3.63) is 63.9 Å². The second kappa shape index (κ2) is 9.22. The third-order valence-electron chi connectivity index (χ3n) is 4.67. The van der Waals surface area contributed by atoms with Gasteiger partial charge in [0.25, 0.3) is 0 Å². The molecule has 9 heteroatoms. The highest BCUT2D eigenvalue weighted by Gasteiger charge is 2.32. The molecule has 1 N–H and O–H groups in total. The first-order valence-corrected chi connectivity index (χ1v) is 11.3. The summed E-state index contributed by atoms with van der Waals surface area (Å²) in [5.74, 6) is -0.756. The minimum absolute atomic E-state index is 0.157.